The third kappa shape index (κ3) is 9.19. The summed E-state index contributed by atoms with van der Waals surface area (Å²) in [7, 11) is 0. The first-order valence-electron chi connectivity index (χ1n) is 29.6. The summed E-state index contributed by atoms with van der Waals surface area (Å²) in [5.74, 6) is 1.63. The number of hydrogen-bond donors (Lipinski definition) is 0. The first-order chi connectivity index (χ1) is 43.6. The summed E-state index contributed by atoms with van der Waals surface area (Å²) in [6.45, 7) is 0. The maximum absolute atomic E-state index is 10.3. The van der Waals surface area contributed by atoms with Crippen LogP contribution in [0.1, 0.15) is 5.56 Å². The van der Waals surface area contributed by atoms with Gasteiger partial charge in [-0.25, -0.2) is 15.0 Å². The highest BCUT2D eigenvalue weighted by Gasteiger charge is 2.27. The molecule has 0 aliphatic heterocycles. The van der Waals surface area contributed by atoms with Gasteiger partial charge < -0.3 is 9.13 Å². The fraction of sp³-hybridized carbons (Fsp3) is 0. The molecule has 0 atom stereocenters. The first kappa shape index (κ1) is 51.6. The molecule has 3 aromatic heterocycles. The number of nitriles is 1. The molecule has 16 rings (SSSR count). The molecule has 16 aromatic rings. The molecule has 0 aliphatic carbocycles. The van der Waals surface area contributed by atoms with E-state index in [1.807, 2.05) is 54.6 Å². The highest BCUT2D eigenvalue weighted by Crippen LogP contribution is 2.47. The molecule has 6 heteroatoms. The van der Waals surface area contributed by atoms with Gasteiger partial charge in [-0.15, -0.1) is 0 Å². The molecule has 88 heavy (non-hydrogen) atoms. The number of fused-ring (bicyclic) bond motifs is 6. The first-order valence-corrected chi connectivity index (χ1v) is 29.6. The number of nitrogens with zero attached hydrogens (tertiary/aromatic N) is 6. The van der Waals surface area contributed by atoms with Crippen molar-refractivity contribution in [3.63, 3.8) is 0 Å². The average molecular weight is 1120 g/mol. The molecule has 0 fully saturated rings. The lowest BCUT2D eigenvalue weighted by Gasteiger charge is -2.21. The van der Waals surface area contributed by atoms with Crippen molar-refractivity contribution >= 4 is 43.6 Å². The van der Waals surface area contributed by atoms with E-state index in [0.717, 1.165) is 138 Å². The van der Waals surface area contributed by atoms with E-state index in [1.54, 1.807) is 0 Å². The van der Waals surface area contributed by atoms with Gasteiger partial charge in [0, 0.05) is 38.2 Å². The van der Waals surface area contributed by atoms with Crippen LogP contribution in [0.2, 0.25) is 0 Å². The van der Waals surface area contributed by atoms with Gasteiger partial charge in [-0.2, -0.15) is 5.26 Å². The van der Waals surface area contributed by atoms with E-state index in [-0.39, 0.29) is 0 Å². The van der Waals surface area contributed by atoms with Gasteiger partial charge in [0.1, 0.15) is 0 Å². The maximum Gasteiger partial charge on any atom is 0.166 e. The molecular weight excluding hydrogens is 1070 g/mol. The standard InChI is InChI=1S/C82H52N6/c83-53-54-21-19-34-61(47-54)66-41-46-73(87-74-42-37-62(55-22-7-1-8-23-55)48-69(74)70-49-63(38-43-75(70)87)56-24-9-2-10-25-56)68(52-66)67-35-20-36-78(79(67)82-85-80(59-30-15-5-16-31-59)84-81(86-82)60-32-17-6-18-33-60)88-76-44-39-64(57-26-11-3-12-27-57)50-71(76)72-51-65(40-45-77(72)88)58-28-13-4-14-29-58/h1-52H. The van der Waals surface area contributed by atoms with E-state index in [4.69, 9.17) is 15.0 Å². The van der Waals surface area contributed by atoms with Crippen LogP contribution in [0.5, 0.6) is 0 Å². The van der Waals surface area contributed by atoms with Crippen LogP contribution in [-0.4, -0.2) is 24.1 Å². The largest absolute Gasteiger partial charge is 0.309 e. The topological polar surface area (TPSA) is 72.3 Å². The minimum atomic E-state index is 0.514. The Balaban J connectivity index is 1.04. The molecule has 13 aromatic carbocycles. The van der Waals surface area contributed by atoms with Gasteiger partial charge in [-0.1, -0.05) is 237 Å². The molecule has 0 saturated carbocycles. The van der Waals surface area contributed by atoms with Crippen LogP contribution >= 0.6 is 0 Å². The van der Waals surface area contributed by atoms with Gasteiger partial charge >= 0.3 is 0 Å². The zero-order valence-corrected chi connectivity index (χ0v) is 47.7. The monoisotopic (exact) mass is 1120 g/mol. The van der Waals surface area contributed by atoms with Crippen molar-refractivity contribution in [2.45, 2.75) is 0 Å². The van der Waals surface area contributed by atoms with Crippen LogP contribution in [0.25, 0.3) is 156 Å². The molecule has 0 amide bonds. The molecule has 0 saturated heterocycles. The fourth-order valence-corrected chi connectivity index (χ4v) is 12.8. The van der Waals surface area contributed by atoms with Crippen LogP contribution in [0.4, 0.5) is 0 Å². The Hall–Kier alpha value is -12.0. The molecule has 6 nitrogen and oxygen atoms in total. The number of aromatic nitrogens is 5. The fourth-order valence-electron chi connectivity index (χ4n) is 12.8. The van der Waals surface area contributed by atoms with Gasteiger partial charge in [0.2, 0.25) is 0 Å². The summed E-state index contributed by atoms with van der Waals surface area (Å²) in [5.41, 5.74) is 22.0. The second-order valence-corrected chi connectivity index (χ2v) is 22.2. The van der Waals surface area contributed by atoms with Crippen molar-refractivity contribution < 1.29 is 0 Å². The molecule has 410 valence electrons. The Morgan fingerprint density at radius 3 is 0.977 bits per heavy atom. The predicted octanol–water partition coefficient (Wildman–Crippen LogP) is 20.9. The summed E-state index contributed by atoms with van der Waals surface area (Å²) >= 11 is 0. The Morgan fingerprint density at radius 2 is 0.568 bits per heavy atom. The second kappa shape index (κ2) is 21.9. The summed E-state index contributed by atoms with van der Waals surface area (Å²) in [6.07, 6.45) is 0. The lowest BCUT2D eigenvalue weighted by molar-refractivity contribution is 1.06. The molecule has 0 radical (unpaired) electrons. The van der Waals surface area contributed by atoms with Gasteiger partial charge in [0.05, 0.1) is 50.6 Å². The third-order valence-corrected chi connectivity index (χ3v) is 17.0. The van der Waals surface area contributed by atoms with E-state index >= 15 is 0 Å². The number of hydrogen-bond acceptors (Lipinski definition) is 4. The van der Waals surface area contributed by atoms with Crippen molar-refractivity contribution in [2.75, 3.05) is 0 Å². The summed E-state index contributed by atoms with van der Waals surface area (Å²) < 4.78 is 4.85. The predicted molar refractivity (Wildman–Crippen MR) is 362 cm³/mol. The normalized spacial score (nSPS) is 11.4. The van der Waals surface area contributed by atoms with Crippen molar-refractivity contribution in [3.05, 3.63) is 321 Å². The summed E-state index contributed by atoms with van der Waals surface area (Å²) in [4.78, 5) is 16.5. The van der Waals surface area contributed by atoms with Crippen molar-refractivity contribution in [1.29, 1.82) is 5.26 Å². The van der Waals surface area contributed by atoms with E-state index < -0.39 is 0 Å². The van der Waals surface area contributed by atoms with E-state index in [2.05, 4.69) is 276 Å². The molecule has 0 unspecified atom stereocenters. The lowest BCUT2D eigenvalue weighted by atomic mass is 9.92. The summed E-state index contributed by atoms with van der Waals surface area (Å²) in [6, 6.07) is 114. The lowest BCUT2D eigenvalue weighted by Crippen LogP contribution is -2.06. The minimum Gasteiger partial charge on any atom is -0.309 e. The van der Waals surface area contributed by atoms with Crippen molar-refractivity contribution in [1.82, 2.24) is 24.1 Å². The third-order valence-electron chi connectivity index (χ3n) is 17.0. The van der Waals surface area contributed by atoms with Crippen molar-refractivity contribution in [2.24, 2.45) is 0 Å². The maximum atomic E-state index is 10.3. The minimum absolute atomic E-state index is 0.514. The average Bonchev–Trinajstić information content (AvgIpc) is 1.88. The molecule has 0 N–H and O–H groups in total. The second-order valence-electron chi connectivity index (χ2n) is 22.2. The van der Waals surface area contributed by atoms with E-state index in [1.165, 1.54) is 0 Å². The van der Waals surface area contributed by atoms with Gasteiger partial charge in [-0.3, -0.25) is 0 Å². The van der Waals surface area contributed by atoms with Gasteiger partial charge in [-0.05, 0) is 140 Å². The highest BCUT2D eigenvalue weighted by molar-refractivity contribution is 6.14. The van der Waals surface area contributed by atoms with E-state index in [0.29, 0.717) is 23.0 Å². The smallest absolute Gasteiger partial charge is 0.166 e. The van der Waals surface area contributed by atoms with Crippen LogP contribution in [0.15, 0.2) is 315 Å². The molecule has 3 heterocycles. The van der Waals surface area contributed by atoms with Crippen LogP contribution < -0.4 is 0 Å². The molecule has 0 bridgehead atoms. The Labute approximate surface area is 509 Å². The summed E-state index contributed by atoms with van der Waals surface area (Å²) in [5, 5.41) is 14.8. The SMILES string of the molecule is N#Cc1cccc(-c2ccc(-n3c4ccc(-c5ccccc5)cc4c4cc(-c5ccccc5)ccc43)c(-c3cccc(-n4c5ccc(-c6ccccc6)cc5c5cc(-c6ccccc6)ccc54)c3-c3nc(-c4ccccc4)nc(-c4ccccc4)n3)c2)c1. The molecule has 0 spiro atoms. The van der Waals surface area contributed by atoms with E-state index in [9.17, 15) is 5.26 Å². The zero-order chi connectivity index (χ0) is 58.5. The molecular formula is C82H52N6. The number of rotatable bonds is 11. The van der Waals surface area contributed by atoms with Gasteiger partial charge in [0.25, 0.3) is 0 Å². The Bertz CT molecular complexity index is 5110. The van der Waals surface area contributed by atoms with Crippen LogP contribution in [0, 0.1) is 11.3 Å². The van der Waals surface area contributed by atoms with Crippen LogP contribution in [-0.2, 0) is 0 Å². The van der Waals surface area contributed by atoms with Crippen molar-refractivity contribution in [3.8, 4) is 118 Å². The Morgan fingerprint density at radius 1 is 0.239 bits per heavy atom. The number of benzene rings is 13. The molecule has 0 aliphatic rings. The quantitative estimate of drug-likeness (QED) is 0.129. The Kier molecular flexibility index (Phi) is 12.8. The zero-order valence-electron chi connectivity index (χ0n) is 47.7. The van der Waals surface area contributed by atoms with Gasteiger partial charge in [0.15, 0.2) is 17.5 Å². The highest BCUT2D eigenvalue weighted by atomic mass is 15.1. The van der Waals surface area contributed by atoms with Crippen LogP contribution in [0.3, 0.4) is 0 Å².